The third-order valence-electron chi connectivity index (χ3n) is 2.60. The molecule has 17 heavy (non-hydrogen) atoms. The van der Waals surface area contributed by atoms with Crippen LogP contribution in [0.5, 0.6) is 0 Å². The second kappa shape index (κ2) is 7.25. The Kier molecular flexibility index (Phi) is 5.94. The van der Waals surface area contributed by atoms with Gasteiger partial charge in [0.05, 0.1) is 6.61 Å². The Hall–Kier alpha value is -1.13. The van der Waals surface area contributed by atoms with Crippen molar-refractivity contribution in [2.75, 3.05) is 38.8 Å². The standard InChI is InChI=1S/C13H23N3O/c1-5-14-10-12-8-11(2)15-13(9-12)16(3)6-7-17-4/h8-9,14H,5-7,10H2,1-4H3. The number of nitrogens with zero attached hydrogens (tertiary/aromatic N) is 2. The molecule has 1 aromatic heterocycles. The summed E-state index contributed by atoms with van der Waals surface area (Å²) < 4.78 is 5.08. The number of hydrogen-bond acceptors (Lipinski definition) is 4. The van der Waals surface area contributed by atoms with Crippen molar-refractivity contribution < 1.29 is 4.74 Å². The zero-order valence-electron chi connectivity index (χ0n) is 11.3. The smallest absolute Gasteiger partial charge is 0.128 e. The lowest BCUT2D eigenvalue weighted by atomic mass is 10.2. The van der Waals surface area contributed by atoms with E-state index in [9.17, 15) is 0 Å². The molecule has 0 fully saturated rings. The molecular formula is C13H23N3O. The van der Waals surface area contributed by atoms with Crippen LogP contribution < -0.4 is 10.2 Å². The second-order valence-corrected chi connectivity index (χ2v) is 4.17. The number of pyridine rings is 1. The van der Waals surface area contributed by atoms with Crippen molar-refractivity contribution in [3.8, 4) is 0 Å². The quantitative estimate of drug-likeness (QED) is 0.781. The highest BCUT2D eigenvalue weighted by Gasteiger charge is 2.05. The Morgan fingerprint density at radius 1 is 1.41 bits per heavy atom. The molecule has 1 heterocycles. The average Bonchev–Trinajstić information content (AvgIpc) is 2.32. The number of likely N-dealkylation sites (N-methyl/N-ethyl adjacent to an activating group) is 1. The van der Waals surface area contributed by atoms with Crippen molar-refractivity contribution in [1.29, 1.82) is 0 Å². The lowest BCUT2D eigenvalue weighted by Crippen LogP contribution is -2.23. The summed E-state index contributed by atoms with van der Waals surface area (Å²) in [6, 6.07) is 4.25. The van der Waals surface area contributed by atoms with Gasteiger partial charge in [-0.05, 0) is 31.2 Å². The van der Waals surface area contributed by atoms with Crippen LogP contribution in [0.15, 0.2) is 12.1 Å². The highest BCUT2D eigenvalue weighted by molar-refractivity contribution is 5.41. The molecule has 0 aliphatic heterocycles. The van der Waals surface area contributed by atoms with Crippen LogP contribution in [-0.2, 0) is 11.3 Å². The van der Waals surface area contributed by atoms with Crippen LogP contribution in [0.2, 0.25) is 0 Å². The lowest BCUT2D eigenvalue weighted by Gasteiger charge is -2.19. The van der Waals surface area contributed by atoms with Crippen LogP contribution >= 0.6 is 0 Å². The first-order chi connectivity index (χ1) is 8.17. The van der Waals surface area contributed by atoms with Crippen molar-refractivity contribution in [3.05, 3.63) is 23.4 Å². The molecule has 1 N–H and O–H groups in total. The van der Waals surface area contributed by atoms with Crippen LogP contribution in [0.1, 0.15) is 18.2 Å². The summed E-state index contributed by atoms with van der Waals surface area (Å²) in [7, 11) is 3.76. The number of ether oxygens (including phenoxy) is 1. The fourth-order valence-electron chi connectivity index (χ4n) is 1.63. The van der Waals surface area contributed by atoms with Gasteiger partial charge in [0.15, 0.2) is 0 Å². The molecule has 0 aliphatic rings. The number of aryl methyl sites for hydroxylation is 1. The first-order valence-electron chi connectivity index (χ1n) is 6.05. The van der Waals surface area contributed by atoms with Gasteiger partial charge < -0.3 is 15.0 Å². The molecule has 0 unspecified atom stereocenters. The number of rotatable bonds is 7. The van der Waals surface area contributed by atoms with Crippen LogP contribution in [0.3, 0.4) is 0 Å². The maximum Gasteiger partial charge on any atom is 0.128 e. The molecule has 96 valence electrons. The normalized spacial score (nSPS) is 10.6. The summed E-state index contributed by atoms with van der Waals surface area (Å²) in [5, 5.41) is 3.33. The molecule has 0 aromatic carbocycles. The third-order valence-corrected chi connectivity index (χ3v) is 2.60. The van der Waals surface area contributed by atoms with Gasteiger partial charge in [0.1, 0.15) is 5.82 Å². The fraction of sp³-hybridized carbons (Fsp3) is 0.615. The summed E-state index contributed by atoms with van der Waals surface area (Å²) in [6.45, 7) is 7.59. The average molecular weight is 237 g/mol. The zero-order chi connectivity index (χ0) is 12.7. The predicted molar refractivity (Wildman–Crippen MR) is 71.5 cm³/mol. The molecule has 0 saturated carbocycles. The largest absolute Gasteiger partial charge is 0.383 e. The summed E-state index contributed by atoms with van der Waals surface area (Å²) in [6.07, 6.45) is 0. The van der Waals surface area contributed by atoms with E-state index in [4.69, 9.17) is 4.74 Å². The molecular weight excluding hydrogens is 214 g/mol. The van der Waals surface area contributed by atoms with Crippen molar-refractivity contribution in [2.24, 2.45) is 0 Å². The van der Waals surface area contributed by atoms with Gasteiger partial charge in [0, 0.05) is 32.9 Å². The predicted octanol–water partition coefficient (Wildman–Crippen LogP) is 1.58. The van der Waals surface area contributed by atoms with Crippen LogP contribution in [0.25, 0.3) is 0 Å². The molecule has 0 spiro atoms. The molecule has 0 amide bonds. The Balaban J connectivity index is 2.73. The Bertz CT molecular complexity index is 341. The fourth-order valence-corrected chi connectivity index (χ4v) is 1.63. The van der Waals surface area contributed by atoms with Crippen LogP contribution in [-0.4, -0.2) is 38.8 Å². The van der Waals surface area contributed by atoms with Gasteiger partial charge in [0.25, 0.3) is 0 Å². The van der Waals surface area contributed by atoms with E-state index in [-0.39, 0.29) is 0 Å². The molecule has 0 saturated heterocycles. The molecule has 4 heteroatoms. The monoisotopic (exact) mass is 237 g/mol. The Labute approximate surface area is 104 Å². The summed E-state index contributed by atoms with van der Waals surface area (Å²) in [4.78, 5) is 6.65. The SMILES string of the molecule is CCNCc1cc(C)nc(N(C)CCOC)c1. The maximum absolute atomic E-state index is 5.08. The van der Waals surface area contributed by atoms with E-state index in [0.29, 0.717) is 6.61 Å². The topological polar surface area (TPSA) is 37.4 Å². The van der Waals surface area contributed by atoms with Gasteiger partial charge >= 0.3 is 0 Å². The number of methoxy groups -OCH3 is 1. The minimum absolute atomic E-state index is 0.717. The third kappa shape index (κ3) is 4.71. The van der Waals surface area contributed by atoms with Crippen molar-refractivity contribution in [2.45, 2.75) is 20.4 Å². The molecule has 1 rings (SSSR count). The van der Waals surface area contributed by atoms with E-state index in [1.165, 1.54) is 5.56 Å². The summed E-state index contributed by atoms with van der Waals surface area (Å²) in [5.74, 6) is 1.01. The maximum atomic E-state index is 5.08. The Morgan fingerprint density at radius 3 is 2.82 bits per heavy atom. The van der Waals surface area contributed by atoms with E-state index < -0.39 is 0 Å². The highest BCUT2D eigenvalue weighted by atomic mass is 16.5. The van der Waals surface area contributed by atoms with Gasteiger partial charge in [-0.15, -0.1) is 0 Å². The first-order valence-corrected chi connectivity index (χ1v) is 6.05. The molecule has 1 aromatic rings. The van der Waals surface area contributed by atoms with E-state index in [1.807, 2.05) is 14.0 Å². The lowest BCUT2D eigenvalue weighted by molar-refractivity contribution is 0.206. The van der Waals surface area contributed by atoms with Gasteiger partial charge in [-0.3, -0.25) is 0 Å². The minimum Gasteiger partial charge on any atom is -0.383 e. The van der Waals surface area contributed by atoms with E-state index in [2.05, 4.69) is 34.3 Å². The second-order valence-electron chi connectivity index (χ2n) is 4.17. The summed E-state index contributed by atoms with van der Waals surface area (Å²) in [5.41, 5.74) is 2.33. The van der Waals surface area contributed by atoms with Crippen LogP contribution in [0.4, 0.5) is 5.82 Å². The number of anilines is 1. The molecule has 0 atom stereocenters. The van der Waals surface area contributed by atoms with E-state index >= 15 is 0 Å². The first kappa shape index (κ1) is 13.9. The van der Waals surface area contributed by atoms with Crippen molar-refractivity contribution in [3.63, 3.8) is 0 Å². The minimum atomic E-state index is 0.717. The van der Waals surface area contributed by atoms with Gasteiger partial charge in [-0.25, -0.2) is 4.98 Å². The number of aromatic nitrogens is 1. The van der Waals surface area contributed by atoms with Crippen LogP contribution in [0, 0.1) is 6.92 Å². The molecule has 0 radical (unpaired) electrons. The van der Waals surface area contributed by atoms with E-state index in [1.54, 1.807) is 7.11 Å². The van der Waals surface area contributed by atoms with Crippen molar-refractivity contribution >= 4 is 5.82 Å². The summed E-state index contributed by atoms with van der Waals surface area (Å²) >= 11 is 0. The molecule has 4 nitrogen and oxygen atoms in total. The van der Waals surface area contributed by atoms with E-state index in [0.717, 1.165) is 31.1 Å². The molecule has 0 bridgehead atoms. The van der Waals surface area contributed by atoms with Gasteiger partial charge in [-0.2, -0.15) is 0 Å². The highest BCUT2D eigenvalue weighted by Crippen LogP contribution is 2.13. The van der Waals surface area contributed by atoms with Gasteiger partial charge in [0.2, 0.25) is 0 Å². The number of hydrogen-bond donors (Lipinski definition) is 1. The Morgan fingerprint density at radius 2 is 2.18 bits per heavy atom. The van der Waals surface area contributed by atoms with Gasteiger partial charge in [-0.1, -0.05) is 6.92 Å². The molecule has 0 aliphatic carbocycles. The van der Waals surface area contributed by atoms with Crippen molar-refractivity contribution in [1.82, 2.24) is 10.3 Å². The zero-order valence-corrected chi connectivity index (χ0v) is 11.3. The number of nitrogens with one attached hydrogen (secondary N) is 1.